The highest BCUT2D eigenvalue weighted by atomic mass is 19.1. The molecule has 1 aromatic rings. The van der Waals surface area contributed by atoms with E-state index < -0.39 is 11.9 Å². The Balaban J connectivity index is 2.47. The fourth-order valence-corrected chi connectivity index (χ4v) is 2.15. The molecule has 18 heavy (non-hydrogen) atoms. The number of allylic oxidation sites excluding steroid dienone is 1. The van der Waals surface area contributed by atoms with Crippen LogP contribution in [0.25, 0.3) is 5.57 Å². The Labute approximate surface area is 104 Å². The molecule has 3 nitrogen and oxygen atoms in total. The van der Waals surface area contributed by atoms with Crippen LogP contribution >= 0.6 is 0 Å². The Hall–Kier alpha value is -1.97. The van der Waals surface area contributed by atoms with Gasteiger partial charge >= 0.3 is 5.97 Å². The van der Waals surface area contributed by atoms with Crippen molar-refractivity contribution in [3.8, 4) is 0 Å². The van der Waals surface area contributed by atoms with Gasteiger partial charge in [0.2, 0.25) is 0 Å². The minimum absolute atomic E-state index is 0.0792. The lowest BCUT2D eigenvalue weighted by Crippen LogP contribution is -2.21. The summed E-state index contributed by atoms with van der Waals surface area (Å²) < 4.78 is 13.2. The number of carboxylic acids is 1. The van der Waals surface area contributed by atoms with E-state index in [1.54, 1.807) is 13.0 Å². The number of aryl methyl sites for hydroxylation is 1. The Bertz CT molecular complexity index is 546. The minimum Gasteiger partial charge on any atom is -0.481 e. The van der Waals surface area contributed by atoms with Crippen molar-refractivity contribution in [3.63, 3.8) is 0 Å². The predicted molar refractivity (Wildman–Crippen MR) is 64.5 cm³/mol. The van der Waals surface area contributed by atoms with Gasteiger partial charge in [0.15, 0.2) is 5.78 Å². The van der Waals surface area contributed by atoms with E-state index in [0.717, 1.165) is 0 Å². The van der Waals surface area contributed by atoms with Crippen molar-refractivity contribution in [1.29, 1.82) is 0 Å². The van der Waals surface area contributed by atoms with Crippen molar-refractivity contribution in [3.05, 3.63) is 41.2 Å². The number of carbonyl (C=O) groups excluding carboxylic acids is 1. The van der Waals surface area contributed by atoms with Crippen LogP contribution in [0.4, 0.5) is 4.39 Å². The molecule has 0 bridgehead atoms. The van der Waals surface area contributed by atoms with Crippen molar-refractivity contribution < 1.29 is 19.1 Å². The standard InChI is InChI=1S/C14H13FO3/c1-8-6-9(2-5-13(8)15)12-7-10(16)3-4-11(12)14(17)18/h2,5-7,11H,3-4H2,1H3,(H,17,18). The molecule has 0 fully saturated rings. The molecule has 0 amide bonds. The van der Waals surface area contributed by atoms with Crippen LogP contribution in [0, 0.1) is 18.7 Å². The van der Waals surface area contributed by atoms with Crippen LogP contribution in [0.3, 0.4) is 0 Å². The van der Waals surface area contributed by atoms with Crippen molar-refractivity contribution >= 4 is 17.3 Å². The number of benzene rings is 1. The first-order chi connectivity index (χ1) is 8.49. The smallest absolute Gasteiger partial charge is 0.311 e. The highest BCUT2D eigenvalue weighted by Gasteiger charge is 2.28. The average Bonchev–Trinajstić information content (AvgIpc) is 2.32. The second-order valence-corrected chi connectivity index (χ2v) is 4.46. The molecule has 2 rings (SSSR count). The van der Waals surface area contributed by atoms with Crippen LogP contribution in [0.1, 0.15) is 24.0 Å². The van der Waals surface area contributed by atoms with Crippen LogP contribution < -0.4 is 0 Å². The molecule has 1 atom stereocenters. The number of aliphatic carboxylic acids is 1. The molecule has 0 spiro atoms. The van der Waals surface area contributed by atoms with Crippen LogP contribution in [-0.4, -0.2) is 16.9 Å². The maximum Gasteiger partial charge on any atom is 0.311 e. The third-order valence-corrected chi connectivity index (χ3v) is 3.16. The third kappa shape index (κ3) is 2.32. The molecular formula is C14H13FO3. The summed E-state index contributed by atoms with van der Waals surface area (Å²) in [7, 11) is 0. The summed E-state index contributed by atoms with van der Waals surface area (Å²) in [5.74, 6) is -2.05. The zero-order valence-corrected chi connectivity index (χ0v) is 9.94. The summed E-state index contributed by atoms with van der Waals surface area (Å²) >= 11 is 0. The predicted octanol–water partition coefficient (Wildman–Crippen LogP) is 2.58. The number of carbonyl (C=O) groups is 2. The van der Waals surface area contributed by atoms with Gasteiger partial charge in [-0.3, -0.25) is 9.59 Å². The Morgan fingerprint density at radius 1 is 1.44 bits per heavy atom. The monoisotopic (exact) mass is 248 g/mol. The van der Waals surface area contributed by atoms with Crippen LogP contribution in [0.15, 0.2) is 24.3 Å². The molecule has 1 unspecified atom stereocenters. The van der Waals surface area contributed by atoms with Crippen molar-refractivity contribution in [1.82, 2.24) is 0 Å². The average molecular weight is 248 g/mol. The van der Waals surface area contributed by atoms with Gasteiger partial charge < -0.3 is 5.11 Å². The maximum absolute atomic E-state index is 13.2. The first-order valence-electron chi connectivity index (χ1n) is 5.73. The number of hydrogen-bond acceptors (Lipinski definition) is 2. The Morgan fingerprint density at radius 3 is 2.78 bits per heavy atom. The molecule has 0 saturated heterocycles. The van der Waals surface area contributed by atoms with Gasteiger partial charge in [-0.05, 0) is 48.3 Å². The van der Waals surface area contributed by atoms with Crippen LogP contribution in [0.5, 0.6) is 0 Å². The summed E-state index contributed by atoms with van der Waals surface area (Å²) in [5, 5.41) is 9.15. The molecule has 4 heteroatoms. The topological polar surface area (TPSA) is 54.4 Å². The molecule has 1 aromatic carbocycles. The van der Waals surface area contributed by atoms with Gasteiger partial charge in [-0.25, -0.2) is 4.39 Å². The van der Waals surface area contributed by atoms with Crippen molar-refractivity contribution in [2.24, 2.45) is 5.92 Å². The Morgan fingerprint density at radius 2 is 2.17 bits per heavy atom. The van der Waals surface area contributed by atoms with Crippen LogP contribution in [-0.2, 0) is 9.59 Å². The SMILES string of the molecule is Cc1cc(C2=CC(=O)CCC2C(=O)O)ccc1F. The lowest BCUT2D eigenvalue weighted by Gasteiger charge is -2.20. The first kappa shape index (κ1) is 12.5. The third-order valence-electron chi connectivity index (χ3n) is 3.16. The number of carboxylic acid groups (broad SMARTS) is 1. The number of hydrogen-bond donors (Lipinski definition) is 1. The number of ketones is 1. The van der Waals surface area contributed by atoms with Gasteiger partial charge in [0, 0.05) is 6.42 Å². The molecular weight excluding hydrogens is 235 g/mol. The maximum atomic E-state index is 13.2. The van der Waals surface area contributed by atoms with E-state index >= 15 is 0 Å². The highest BCUT2D eigenvalue weighted by Crippen LogP contribution is 2.32. The molecule has 1 aliphatic carbocycles. The lowest BCUT2D eigenvalue weighted by atomic mass is 9.83. The van der Waals surface area contributed by atoms with Gasteiger partial charge in [-0.1, -0.05) is 6.07 Å². The summed E-state index contributed by atoms with van der Waals surface area (Å²) in [5.41, 5.74) is 1.52. The molecule has 0 aromatic heterocycles. The van der Waals surface area contributed by atoms with E-state index in [0.29, 0.717) is 23.1 Å². The molecule has 0 radical (unpaired) electrons. The normalized spacial score (nSPS) is 19.6. The van der Waals surface area contributed by atoms with Gasteiger partial charge in [0.1, 0.15) is 5.82 Å². The van der Waals surface area contributed by atoms with E-state index in [9.17, 15) is 14.0 Å². The lowest BCUT2D eigenvalue weighted by molar-refractivity contribution is -0.140. The highest BCUT2D eigenvalue weighted by molar-refractivity contribution is 6.03. The van der Waals surface area contributed by atoms with Crippen LogP contribution in [0.2, 0.25) is 0 Å². The zero-order chi connectivity index (χ0) is 13.3. The van der Waals surface area contributed by atoms with Gasteiger partial charge in [0.25, 0.3) is 0 Å². The number of rotatable bonds is 2. The molecule has 94 valence electrons. The molecule has 0 saturated carbocycles. The van der Waals surface area contributed by atoms with Crippen molar-refractivity contribution in [2.45, 2.75) is 19.8 Å². The summed E-state index contributed by atoms with van der Waals surface area (Å²) in [6, 6.07) is 4.39. The second-order valence-electron chi connectivity index (χ2n) is 4.46. The van der Waals surface area contributed by atoms with Gasteiger partial charge in [0.05, 0.1) is 5.92 Å². The first-order valence-corrected chi connectivity index (χ1v) is 5.73. The Kier molecular flexibility index (Phi) is 3.28. The van der Waals surface area contributed by atoms with Crippen molar-refractivity contribution in [2.75, 3.05) is 0 Å². The van der Waals surface area contributed by atoms with E-state index in [1.807, 2.05) is 0 Å². The minimum atomic E-state index is -0.948. The van der Waals surface area contributed by atoms with Gasteiger partial charge in [-0.15, -0.1) is 0 Å². The fraction of sp³-hybridized carbons (Fsp3) is 0.286. The van der Waals surface area contributed by atoms with E-state index in [1.165, 1.54) is 18.2 Å². The summed E-state index contributed by atoms with van der Waals surface area (Å²) in [4.78, 5) is 22.6. The molecule has 1 aliphatic rings. The summed E-state index contributed by atoms with van der Waals surface area (Å²) in [6.07, 6.45) is 1.92. The quantitative estimate of drug-likeness (QED) is 0.875. The number of halogens is 1. The van der Waals surface area contributed by atoms with E-state index in [4.69, 9.17) is 5.11 Å². The second kappa shape index (κ2) is 4.72. The van der Waals surface area contributed by atoms with Gasteiger partial charge in [-0.2, -0.15) is 0 Å². The van der Waals surface area contributed by atoms with E-state index in [-0.39, 0.29) is 18.0 Å². The summed E-state index contributed by atoms with van der Waals surface area (Å²) in [6.45, 7) is 1.61. The molecule has 0 aliphatic heterocycles. The fourth-order valence-electron chi connectivity index (χ4n) is 2.15. The zero-order valence-electron chi connectivity index (χ0n) is 9.94. The molecule has 1 N–H and O–H groups in total. The largest absolute Gasteiger partial charge is 0.481 e. The van der Waals surface area contributed by atoms with E-state index in [2.05, 4.69) is 0 Å². The molecule has 0 heterocycles.